The average molecular weight is 356 g/mol. The number of amides is 1. The number of Topliss-reactive ketones (excluding diaryl/α,β-unsaturated/α-hetero) is 1. The summed E-state index contributed by atoms with van der Waals surface area (Å²) in [5, 5.41) is 8.78. The van der Waals surface area contributed by atoms with Crippen molar-refractivity contribution in [3.8, 4) is 6.07 Å². The first-order valence-corrected chi connectivity index (χ1v) is 9.06. The van der Waals surface area contributed by atoms with Gasteiger partial charge in [-0.25, -0.2) is 14.8 Å². The van der Waals surface area contributed by atoms with Crippen LogP contribution < -0.4 is 0 Å². The summed E-state index contributed by atoms with van der Waals surface area (Å²) in [6.07, 6.45) is 6.68. The van der Waals surface area contributed by atoms with Crippen LogP contribution in [0.3, 0.4) is 0 Å². The van der Waals surface area contributed by atoms with Crippen molar-refractivity contribution in [2.75, 3.05) is 0 Å². The predicted molar refractivity (Wildman–Crippen MR) is 93.3 cm³/mol. The minimum absolute atomic E-state index is 0.00442. The molecule has 2 bridgehead atoms. The van der Waals surface area contributed by atoms with Crippen LogP contribution in [0.5, 0.6) is 0 Å². The maximum atomic E-state index is 12.8. The number of ether oxygens (including phenoxy) is 1. The molecular formula is C19H24N4O3. The molecule has 1 aromatic heterocycles. The zero-order chi connectivity index (χ0) is 18.9. The molecule has 0 spiro atoms. The van der Waals surface area contributed by atoms with E-state index in [1.807, 2.05) is 31.7 Å². The Kier molecular flexibility index (Phi) is 4.94. The SMILES string of the molecule is CC(C)(C)OC(=O)N1C2CCCC1CC(C(=O)c1cnc(C#N)nc1)C2. The van der Waals surface area contributed by atoms with Crippen LogP contribution in [0.1, 0.15) is 69.1 Å². The molecule has 2 aliphatic rings. The summed E-state index contributed by atoms with van der Waals surface area (Å²) in [7, 11) is 0. The van der Waals surface area contributed by atoms with Gasteiger partial charge in [0, 0.05) is 30.4 Å². The van der Waals surface area contributed by atoms with Gasteiger partial charge in [-0.1, -0.05) is 0 Å². The summed E-state index contributed by atoms with van der Waals surface area (Å²) in [5.41, 5.74) is -0.101. The van der Waals surface area contributed by atoms with Gasteiger partial charge >= 0.3 is 6.09 Å². The number of aromatic nitrogens is 2. The fourth-order valence-corrected chi connectivity index (χ4v) is 3.96. The van der Waals surface area contributed by atoms with Crippen molar-refractivity contribution in [1.82, 2.24) is 14.9 Å². The molecule has 0 N–H and O–H groups in total. The Morgan fingerprint density at radius 2 is 1.77 bits per heavy atom. The highest BCUT2D eigenvalue weighted by molar-refractivity contribution is 5.97. The molecule has 0 saturated carbocycles. The number of piperidine rings is 2. The van der Waals surface area contributed by atoms with E-state index in [0.717, 1.165) is 19.3 Å². The van der Waals surface area contributed by atoms with Crippen LogP contribution in [0.2, 0.25) is 0 Å². The fourth-order valence-electron chi connectivity index (χ4n) is 3.96. The monoisotopic (exact) mass is 356 g/mol. The van der Waals surface area contributed by atoms with Gasteiger partial charge in [-0.15, -0.1) is 0 Å². The Balaban J connectivity index is 1.73. The van der Waals surface area contributed by atoms with Crippen molar-refractivity contribution >= 4 is 11.9 Å². The normalized spacial score (nSPS) is 25.3. The van der Waals surface area contributed by atoms with E-state index >= 15 is 0 Å². The first-order valence-electron chi connectivity index (χ1n) is 9.06. The zero-order valence-corrected chi connectivity index (χ0v) is 15.4. The molecule has 2 saturated heterocycles. The molecule has 1 aromatic rings. The van der Waals surface area contributed by atoms with Crippen molar-refractivity contribution in [3.63, 3.8) is 0 Å². The smallest absolute Gasteiger partial charge is 0.410 e. The van der Waals surface area contributed by atoms with Crippen LogP contribution in [0, 0.1) is 17.2 Å². The maximum Gasteiger partial charge on any atom is 0.410 e. The molecule has 2 atom stereocenters. The van der Waals surface area contributed by atoms with Crippen molar-refractivity contribution < 1.29 is 14.3 Å². The average Bonchev–Trinajstić information content (AvgIpc) is 2.58. The van der Waals surface area contributed by atoms with E-state index in [9.17, 15) is 9.59 Å². The van der Waals surface area contributed by atoms with E-state index in [0.29, 0.717) is 18.4 Å². The summed E-state index contributed by atoms with van der Waals surface area (Å²) >= 11 is 0. The number of hydrogen-bond acceptors (Lipinski definition) is 6. The number of hydrogen-bond donors (Lipinski definition) is 0. The van der Waals surface area contributed by atoms with Crippen LogP contribution in [0.15, 0.2) is 12.4 Å². The molecule has 2 unspecified atom stereocenters. The third kappa shape index (κ3) is 3.85. The summed E-state index contributed by atoms with van der Waals surface area (Å²) in [5.74, 6) is -0.103. The van der Waals surface area contributed by atoms with Crippen LogP contribution >= 0.6 is 0 Å². The Bertz CT molecular complexity index is 719. The number of fused-ring (bicyclic) bond motifs is 2. The van der Waals surface area contributed by atoms with Gasteiger partial charge in [0.25, 0.3) is 0 Å². The second-order valence-electron chi connectivity index (χ2n) is 8.07. The van der Waals surface area contributed by atoms with E-state index in [1.54, 1.807) is 0 Å². The van der Waals surface area contributed by atoms with Crippen LogP contribution in [-0.4, -0.2) is 44.4 Å². The van der Waals surface area contributed by atoms with Gasteiger partial charge in [0.15, 0.2) is 5.78 Å². The van der Waals surface area contributed by atoms with Gasteiger partial charge in [0.2, 0.25) is 5.82 Å². The predicted octanol–water partition coefficient (Wildman–Crippen LogP) is 3.10. The molecule has 0 aliphatic carbocycles. The Labute approximate surface area is 153 Å². The first kappa shape index (κ1) is 18.3. The molecule has 2 aliphatic heterocycles. The zero-order valence-electron chi connectivity index (χ0n) is 15.4. The number of carbonyl (C=O) groups excluding carboxylic acids is 2. The molecule has 0 radical (unpaired) electrons. The highest BCUT2D eigenvalue weighted by Gasteiger charge is 2.44. The lowest BCUT2D eigenvalue weighted by Gasteiger charge is -2.48. The van der Waals surface area contributed by atoms with Gasteiger partial charge in [0.1, 0.15) is 11.7 Å². The highest BCUT2D eigenvalue weighted by Crippen LogP contribution is 2.39. The molecule has 7 nitrogen and oxygen atoms in total. The number of rotatable bonds is 2. The van der Waals surface area contributed by atoms with E-state index in [1.165, 1.54) is 12.4 Å². The first-order chi connectivity index (χ1) is 12.3. The number of ketones is 1. The van der Waals surface area contributed by atoms with Crippen LogP contribution in [0.4, 0.5) is 4.79 Å². The second kappa shape index (κ2) is 7.02. The minimum Gasteiger partial charge on any atom is -0.444 e. The largest absolute Gasteiger partial charge is 0.444 e. The number of nitriles is 1. The van der Waals surface area contributed by atoms with E-state index in [-0.39, 0.29) is 35.7 Å². The molecule has 7 heteroatoms. The highest BCUT2D eigenvalue weighted by atomic mass is 16.6. The van der Waals surface area contributed by atoms with E-state index in [2.05, 4.69) is 9.97 Å². The molecule has 1 amide bonds. The fraction of sp³-hybridized carbons (Fsp3) is 0.632. The van der Waals surface area contributed by atoms with Crippen LogP contribution in [0.25, 0.3) is 0 Å². The van der Waals surface area contributed by atoms with Crippen molar-refractivity contribution in [2.45, 2.75) is 70.6 Å². The molecule has 3 rings (SSSR count). The van der Waals surface area contributed by atoms with Crippen molar-refractivity contribution in [2.24, 2.45) is 5.92 Å². The summed E-state index contributed by atoms with van der Waals surface area (Å²) in [4.78, 5) is 35.1. The maximum absolute atomic E-state index is 12.8. The van der Waals surface area contributed by atoms with Crippen LogP contribution in [-0.2, 0) is 4.74 Å². The van der Waals surface area contributed by atoms with Gasteiger partial charge in [-0.2, -0.15) is 5.26 Å². The molecule has 2 fully saturated rings. The summed E-state index contributed by atoms with van der Waals surface area (Å²) in [6.45, 7) is 5.59. The molecule has 0 aromatic carbocycles. The molecular weight excluding hydrogens is 332 g/mol. The number of nitrogens with zero attached hydrogens (tertiary/aromatic N) is 4. The van der Waals surface area contributed by atoms with E-state index < -0.39 is 5.60 Å². The summed E-state index contributed by atoms with van der Waals surface area (Å²) < 4.78 is 5.57. The Morgan fingerprint density at radius 1 is 1.19 bits per heavy atom. The lowest BCUT2D eigenvalue weighted by molar-refractivity contribution is -0.0260. The Morgan fingerprint density at radius 3 is 2.27 bits per heavy atom. The third-order valence-electron chi connectivity index (χ3n) is 4.99. The third-order valence-corrected chi connectivity index (χ3v) is 4.99. The molecule has 3 heterocycles. The number of carbonyl (C=O) groups is 2. The standard InChI is InChI=1S/C19H24N4O3/c1-19(2,3)26-18(25)23-14-5-4-6-15(23)8-12(7-14)17(24)13-10-21-16(9-20)22-11-13/h10-12,14-15H,4-8H2,1-3H3. The lowest BCUT2D eigenvalue weighted by atomic mass is 9.76. The van der Waals surface area contributed by atoms with Gasteiger partial charge in [0.05, 0.1) is 5.56 Å². The lowest BCUT2D eigenvalue weighted by Crippen LogP contribution is -2.56. The van der Waals surface area contributed by atoms with Gasteiger partial charge in [-0.3, -0.25) is 4.79 Å². The van der Waals surface area contributed by atoms with Crippen molar-refractivity contribution in [3.05, 3.63) is 23.8 Å². The topological polar surface area (TPSA) is 96.2 Å². The Hall–Kier alpha value is -2.49. The molecule has 26 heavy (non-hydrogen) atoms. The molecule has 138 valence electrons. The quantitative estimate of drug-likeness (QED) is 0.756. The minimum atomic E-state index is -0.530. The summed E-state index contributed by atoms with van der Waals surface area (Å²) in [6, 6.07) is 1.92. The van der Waals surface area contributed by atoms with Gasteiger partial charge < -0.3 is 9.64 Å². The van der Waals surface area contributed by atoms with Gasteiger partial charge in [-0.05, 0) is 52.9 Å². The van der Waals surface area contributed by atoms with Crippen molar-refractivity contribution in [1.29, 1.82) is 5.26 Å². The second-order valence-corrected chi connectivity index (χ2v) is 8.07. The van der Waals surface area contributed by atoms with E-state index in [4.69, 9.17) is 10.00 Å².